The highest BCUT2D eigenvalue weighted by Gasteiger charge is 2.14. The molecule has 0 radical (unpaired) electrons. The summed E-state index contributed by atoms with van der Waals surface area (Å²) in [5.74, 6) is 0.986. The number of rotatable bonds is 6. The molecule has 2 heterocycles. The third kappa shape index (κ3) is 3.65. The maximum Gasteiger partial charge on any atom is 0.374 e. The van der Waals surface area contributed by atoms with Crippen LogP contribution < -0.4 is 4.74 Å². The zero-order valence-corrected chi connectivity index (χ0v) is 13.6. The van der Waals surface area contributed by atoms with Crippen LogP contribution >= 0.6 is 0 Å². The maximum atomic E-state index is 12.1. The van der Waals surface area contributed by atoms with Crippen LogP contribution in [0.15, 0.2) is 53.2 Å². The van der Waals surface area contributed by atoms with E-state index in [1.165, 1.54) is 0 Å². The summed E-state index contributed by atoms with van der Waals surface area (Å²) in [6.07, 6.45) is 3.51. The molecule has 6 nitrogen and oxygen atoms in total. The van der Waals surface area contributed by atoms with Crippen molar-refractivity contribution in [2.45, 2.75) is 20.1 Å². The topological polar surface area (TPSA) is 66.5 Å². The Morgan fingerprint density at radius 3 is 2.92 bits per heavy atom. The summed E-state index contributed by atoms with van der Waals surface area (Å²) < 4.78 is 17.8. The van der Waals surface area contributed by atoms with Crippen LogP contribution in [0.25, 0.3) is 0 Å². The van der Waals surface area contributed by atoms with E-state index >= 15 is 0 Å². The van der Waals surface area contributed by atoms with Crippen LogP contribution in [0.3, 0.4) is 0 Å². The van der Waals surface area contributed by atoms with Gasteiger partial charge in [0.2, 0.25) is 5.76 Å². The van der Waals surface area contributed by atoms with E-state index in [-0.39, 0.29) is 12.4 Å². The molecule has 0 saturated carbocycles. The van der Waals surface area contributed by atoms with Crippen molar-refractivity contribution in [2.24, 2.45) is 0 Å². The average Bonchev–Trinajstić information content (AvgIpc) is 3.25. The number of hydrogen-bond acceptors (Lipinski definition) is 5. The number of furan rings is 1. The summed E-state index contributed by atoms with van der Waals surface area (Å²) in [6.45, 7) is 2.56. The summed E-state index contributed by atoms with van der Waals surface area (Å²) >= 11 is 0. The molecule has 0 fully saturated rings. The SMILES string of the molecule is COc1ccc(C)cc1COC(=O)c1ccc(Cn2cccn2)o1. The Labute approximate surface area is 139 Å². The normalized spacial score (nSPS) is 10.6. The number of ether oxygens (including phenoxy) is 2. The summed E-state index contributed by atoms with van der Waals surface area (Å²) in [4.78, 5) is 12.1. The van der Waals surface area contributed by atoms with Gasteiger partial charge in [-0.15, -0.1) is 0 Å². The predicted octanol–water partition coefficient (Wildman–Crippen LogP) is 3.20. The van der Waals surface area contributed by atoms with Gasteiger partial charge in [-0.3, -0.25) is 4.68 Å². The first kappa shape index (κ1) is 15.9. The molecular weight excluding hydrogens is 308 g/mol. The van der Waals surface area contributed by atoms with Crippen molar-refractivity contribution in [1.82, 2.24) is 9.78 Å². The fourth-order valence-corrected chi connectivity index (χ4v) is 2.36. The Bertz CT molecular complexity index is 821. The number of methoxy groups -OCH3 is 1. The Balaban J connectivity index is 1.63. The van der Waals surface area contributed by atoms with E-state index in [0.29, 0.717) is 18.1 Å². The third-order valence-corrected chi connectivity index (χ3v) is 3.53. The van der Waals surface area contributed by atoms with Crippen molar-refractivity contribution in [1.29, 1.82) is 0 Å². The number of hydrogen-bond donors (Lipinski definition) is 0. The summed E-state index contributed by atoms with van der Waals surface area (Å²) in [6, 6.07) is 10.9. The van der Waals surface area contributed by atoms with Crippen molar-refractivity contribution < 1.29 is 18.7 Å². The molecule has 0 aliphatic rings. The predicted molar refractivity (Wildman–Crippen MR) is 86.9 cm³/mol. The lowest BCUT2D eigenvalue weighted by Gasteiger charge is -2.09. The first-order valence-electron chi connectivity index (χ1n) is 7.52. The Kier molecular flexibility index (Phi) is 4.65. The molecule has 0 spiro atoms. The smallest absolute Gasteiger partial charge is 0.374 e. The van der Waals surface area contributed by atoms with Crippen molar-refractivity contribution in [2.75, 3.05) is 7.11 Å². The summed E-state index contributed by atoms with van der Waals surface area (Å²) in [5.41, 5.74) is 1.88. The molecular formula is C18H18N2O4. The van der Waals surface area contributed by atoms with Gasteiger partial charge in [0.1, 0.15) is 18.1 Å². The van der Waals surface area contributed by atoms with E-state index in [1.807, 2.05) is 37.4 Å². The molecule has 3 aromatic rings. The lowest BCUT2D eigenvalue weighted by molar-refractivity contribution is 0.0431. The monoisotopic (exact) mass is 326 g/mol. The highest BCUT2D eigenvalue weighted by Crippen LogP contribution is 2.21. The first-order chi connectivity index (χ1) is 11.7. The molecule has 124 valence electrons. The van der Waals surface area contributed by atoms with Crippen LogP contribution in [0.2, 0.25) is 0 Å². The van der Waals surface area contributed by atoms with Crippen LogP contribution in [-0.2, 0) is 17.9 Å². The second kappa shape index (κ2) is 7.04. The molecule has 0 amide bonds. The largest absolute Gasteiger partial charge is 0.496 e. The van der Waals surface area contributed by atoms with Gasteiger partial charge in [-0.05, 0) is 37.3 Å². The minimum Gasteiger partial charge on any atom is -0.496 e. The van der Waals surface area contributed by atoms with Crippen LogP contribution in [-0.4, -0.2) is 22.9 Å². The lowest BCUT2D eigenvalue weighted by Crippen LogP contribution is -2.05. The van der Waals surface area contributed by atoms with Crippen molar-refractivity contribution in [3.8, 4) is 5.75 Å². The lowest BCUT2D eigenvalue weighted by atomic mass is 10.1. The number of aromatic nitrogens is 2. The summed E-state index contributed by atoms with van der Waals surface area (Å²) in [5, 5.41) is 4.10. The second-order valence-electron chi connectivity index (χ2n) is 5.36. The number of nitrogens with zero attached hydrogens (tertiary/aromatic N) is 2. The highest BCUT2D eigenvalue weighted by molar-refractivity contribution is 5.86. The second-order valence-corrected chi connectivity index (χ2v) is 5.36. The standard InChI is InChI=1S/C18H18N2O4/c1-13-4-6-16(22-2)14(10-13)12-23-18(21)17-7-5-15(24-17)11-20-9-3-8-19-20/h3-10H,11-12H2,1-2H3. The number of carbonyl (C=O) groups is 1. The van der Waals surface area contributed by atoms with Crippen molar-refractivity contribution in [3.63, 3.8) is 0 Å². The quantitative estimate of drug-likeness (QED) is 0.651. The van der Waals surface area contributed by atoms with Gasteiger partial charge in [-0.25, -0.2) is 4.79 Å². The molecule has 0 aliphatic carbocycles. The zero-order valence-electron chi connectivity index (χ0n) is 13.6. The minimum absolute atomic E-state index is 0.124. The van der Waals surface area contributed by atoms with Gasteiger partial charge in [0, 0.05) is 18.0 Å². The van der Waals surface area contributed by atoms with Gasteiger partial charge >= 0.3 is 5.97 Å². The Hall–Kier alpha value is -3.02. The maximum absolute atomic E-state index is 12.1. The molecule has 0 saturated heterocycles. The number of esters is 1. The highest BCUT2D eigenvalue weighted by atomic mass is 16.5. The Morgan fingerprint density at radius 2 is 2.17 bits per heavy atom. The molecule has 0 aliphatic heterocycles. The van der Waals surface area contributed by atoms with Crippen LogP contribution in [0.4, 0.5) is 0 Å². The van der Waals surface area contributed by atoms with E-state index in [0.717, 1.165) is 11.1 Å². The molecule has 0 unspecified atom stereocenters. The minimum atomic E-state index is -0.509. The number of benzene rings is 1. The van der Waals surface area contributed by atoms with E-state index < -0.39 is 5.97 Å². The number of carbonyl (C=O) groups excluding carboxylic acids is 1. The summed E-state index contributed by atoms with van der Waals surface area (Å²) in [7, 11) is 1.59. The molecule has 1 aromatic carbocycles. The van der Waals surface area contributed by atoms with E-state index in [1.54, 1.807) is 30.1 Å². The van der Waals surface area contributed by atoms with Gasteiger partial charge in [0.05, 0.1) is 13.7 Å². The van der Waals surface area contributed by atoms with Crippen LogP contribution in [0.1, 0.15) is 27.4 Å². The first-order valence-corrected chi connectivity index (χ1v) is 7.52. The number of aryl methyl sites for hydroxylation is 1. The molecule has 6 heteroatoms. The molecule has 2 aromatic heterocycles. The van der Waals surface area contributed by atoms with E-state index in [4.69, 9.17) is 13.9 Å². The average molecular weight is 326 g/mol. The van der Waals surface area contributed by atoms with Gasteiger partial charge in [-0.2, -0.15) is 5.10 Å². The van der Waals surface area contributed by atoms with Crippen molar-refractivity contribution in [3.05, 3.63) is 71.4 Å². The fraction of sp³-hybridized carbons (Fsp3) is 0.222. The molecule has 0 N–H and O–H groups in total. The van der Waals surface area contributed by atoms with Gasteiger partial charge in [0.15, 0.2) is 0 Å². The fourth-order valence-electron chi connectivity index (χ4n) is 2.36. The molecule has 0 bridgehead atoms. The van der Waals surface area contributed by atoms with E-state index in [9.17, 15) is 4.79 Å². The van der Waals surface area contributed by atoms with Gasteiger partial charge in [0.25, 0.3) is 0 Å². The van der Waals surface area contributed by atoms with Crippen molar-refractivity contribution >= 4 is 5.97 Å². The molecule has 3 rings (SSSR count). The van der Waals surface area contributed by atoms with Crippen LogP contribution in [0, 0.1) is 6.92 Å². The zero-order chi connectivity index (χ0) is 16.9. The van der Waals surface area contributed by atoms with E-state index in [2.05, 4.69) is 5.10 Å². The molecule has 0 atom stereocenters. The molecule has 24 heavy (non-hydrogen) atoms. The Morgan fingerprint density at radius 1 is 1.29 bits per heavy atom. The van der Waals surface area contributed by atoms with Crippen LogP contribution in [0.5, 0.6) is 5.75 Å². The third-order valence-electron chi connectivity index (χ3n) is 3.53. The van der Waals surface area contributed by atoms with Gasteiger partial charge in [-0.1, -0.05) is 11.6 Å². The van der Waals surface area contributed by atoms with Gasteiger partial charge < -0.3 is 13.9 Å².